The maximum absolute atomic E-state index is 11.4. The minimum Gasteiger partial charge on any atom is -0.748 e. The summed E-state index contributed by atoms with van der Waals surface area (Å²) in [6, 6.07) is 13.5. The number of hydrogen-bond donors (Lipinski definition) is 3. The number of thioether (sulfide) groups is 1. The van der Waals surface area contributed by atoms with Crippen LogP contribution in [-0.4, -0.2) is 71.8 Å². The number of aromatic nitrogens is 1. The van der Waals surface area contributed by atoms with Crippen LogP contribution in [0.5, 0.6) is 0 Å². The van der Waals surface area contributed by atoms with Gasteiger partial charge in [0.1, 0.15) is 16.6 Å². The zero-order chi connectivity index (χ0) is 29.2. The number of thiazole rings is 1. The lowest BCUT2D eigenvalue weighted by atomic mass is 10.1. The quantitative estimate of drug-likeness (QED) is 0.201. The maximum atomic E-state index is 11.4. The van der Waals surface area contributed by atoms with Crippen LogP contribution >= 0.6 is 23.1 Å². The number of aliphatic hydroxyl groups excluding tert-OH is 2. The lowest BCUT2D eigenvalue weighted by Crippen LogP contribution is -2.43. The Kier molecular flexibility index (Phi) is 9.62. The van der Waals surface area contributed by atoms with Gasteiger partial charge in [0.2, 0.25) is 5.52 Å². The van der Waals surface area contributed by atoms with Crippen LogP contribution in [0.25, 0.3) is 16.3 Å². The SMILES string of the molecule is CC/C(=C\c1sc2ccccc2[n+]1CC(O)CS(=O)(=O)[O-])CC1Sc2ccc(C)cc2N1CC(O)CS(=O)(=O)O. The lowest BCUT2D eigenvalue weighted by molar-refractivity contribution is -0.675. The molecule has 2 heterocycles. The molecule has 3 aromatic rings. The number of fused-ring (bicyclic) bond motifs is 2. The first-order valence-electron chi connectivity index (χ1n) is 12.6. The van der Waals surface area contributed by atoms with Crippen LogP contribution in [0.1, 0.15) is 30.3 Å². The highest BCUT2D eigenvalue weighted by Gasteiger charge is 2.33. The van der Waals surface area contributed by atoms with Crippen molar-refractivity contribution in [3.63, 3.8) is 0 Å². The molecule has 3 unspecified atom stereocenters. The fourth-order valence-corrected chi connectivity index (χ4v) is 8.45. The number of aliphatic hydroxyl groups is 2. The highest BCUT2D eigenvalue weighted by molar-refractivity contribution is 8.00. The summed E-state index contributed by atoms with van der Waals surface area (Å²) in [5.41, 5.74) is 3.76. The predicted octanol–water partition coefficient (Wildman–Crippen LogP) is 2.77. The molecule has 4 rings (SSSR count). The van der Waals surface area contributed by atoms with E-state index >= 15 is 0 Å². The normalized spacial score (nSPS) is 17.8. The molecule has 218 valence electrons. The molecule has 1 aliphatic rings. The van der Waals surface area contributed by atoms with Gasteiger partial charge < -0.3 is 19.7 Å². The highest BCUT2D eigenvalue weighted by Crippen LogP contribution is 2.46. The molecule has 10 nitrogen and oxygen atoms in total. The molecule has 1 aliphatic heterocycles. The van der Waals surface area contributed by atoms with E-state index in [2.05, 4.69) is 0 Å². The van der Waals surface area contributed by atoms with Gasteiger partial charge in [0.05, 0.1) is 33.0 Å². The van der Waals surface area contributed by atoms with Crippen molar-refractivity contribution in [1.82, 2.24) is 0 Å². The summed E-state index contributed by atoms with van der Waals surface area (Å²) < 4.78 is 68.4. The third-order valence-electron chi connectivity index (χ3n) is 6.49. The van der Waals surface area contributed by atoms with Gasteiger partial charge in [0.25, 0.3) is 15.1 Å². The summed E-state index contributed by atoms with van der Waals surface area (Å²) in [6.45, 7) is 3.92. The number of rotatable bonds is 12. The van der Waals surface area contributed by atoms with Crippen molar-refractivity contribution in [2.24, 2.45) is 0 Å². The molecule has 3 N–H and O–H groups in total. The first kappa shape index (κ1) is 30.9. The molecular formula is C26H32N2O8S4. The second-order valence-electron chi connectivity index (χ2n) is 9.86. The van der Waals surface area contributed by atoms with Crippen molar-refractivity contribution in [2.75, 3.05) is 23.0 Å². The van der Waals surface area contributed by atoms with Crippen molar-refractivity contribution in [3.05, 3.63) is 58.6 Å². The van der Waals surface area contributed by atoms with E-state index in [4.69, 9.17) is 0 Å². The van der Waals surface area contributed by atoms with Crippen LogP contribution in [0.15, 0.2) is 52.9 Å². The Morgan fingerprint density at radius 1 is 1.12 bits per heavy atom. The molecule has 14 heteroatoms. The van der Waals surface area contributed by atoms with Gasteiger partial charge >= 0.3 is 0 Å². The number of anilines is 1. The predicted molar refractivity (Wildman–Crippen MR) is 156 cm³/mol. The standard InChI is InChI=1S/C26H32N2O8S4/c1-3-18(11-25-27(13-19(29)15-39(31,32)33)21-6-4-5-7-23(21)37-25)12-26-28(14-20(30)16-40(34,35)36)22-10-17(2)8-9-24(22)38-26/h4-11,19-20,26,29-30H,3,12-16H2,1-2H3,(H-,31,32,33,34,35,36)/b18-11+. The van der Waals surface area contributed by atoms with Gasteiger partial charge in [-0.2, -0.15) is 13.0 Å². The van der Waals surface area contributed by atoms with Crippen LogP contribution in [0.4, 0.5) is 5.69 Å². The highest BCUT2D eigenvalue weighted by atomic mass is 32.2. The number of benzene rings is 2. The van der Waals surface area contributed by atoms with Crippen LogP contribution in [-0.2, 0) is 26.8 Å². The van der Waals surface area contributed by atoms with Gasteiger partial charge in [-0.1, -0.05) is 53.8 Å². The lowest BCUT2D eigenvalue weighted by Gasteiger charge is -2.29. The number of β-amino-alcohol motifs (C(OH)–C–C–N with tert-alkyl or cyclic N) is 1. The van der Waals surface area contributed by atoms with Crippen molar-refractivity contribution in [3.8, 4) is 0 Å². The van der Waals surface area contributed by atoms with Gasteiger partial charge in [0.15, 0.2) is 6.54 Å². The van der Waals surface area contributed by atoms with Gasteiger partial charge in [0, 0.05) is 23.6 Å². The Bertz CT molecular complexity index is 1620. The smallest absolute Gasteiger partial charge is 0.267 e. The first-order chi connectivity index (χ1) is 18.7. The van der Waals surface area contributed by atoms with Crippen LogP contribution in [0.3, 0.4) is 0 Å². The van der Waals surface area contributed by atoms with Crippen LogP contribution < -0.4 is 9.47 Å². The molecule has 0 amide bonds. The summed E-state index contributed by atoms with van der Waals surface area (Å²) in [5.74, 6) is -1.65. The molecule has 0 saturated carbocycles. The molecule has 0 spiro atoms. The maximum Gasteiger partial charge on any atom is 0.267 e. The largest absolute Gasteiger partial charge is 0.748 e. The van der Waals surface area contributed by atoms with Crippen LogP contribution in [0, 0.1) is 6.92 Å². The van der Waals surface area contributed by atoms with E-state index in [1.165, 1.54) is 11.3 Å². The van der Waals surface area contributed by atoms with Crippen LogP contribution in [0.2, 0.25) is 0 Å². The van der Waals surface area contributed by atoms with Crippen molar-refractivity contribution in [2.45, 2.75) is 55.7 Å². The Balaban J connectivity index is 1.65. The monoisotopic (exact) mass is 628 g/mol. The summed E-state index contributed by atoms with van der Waals surface area (Å²) in [4.78, 5) is 2.97. The first-order valence-corrected chi connectivity index (χ1v) is 17.5. The Hall–Kier alpha value is -2.04. The van der Waals surface area contributed by atoms with Crippen molar-refractivity contribution in [1.29, 1.82) is 0 Å². The van der Waals surface area contributed by atoms with Gasteiger partial charge in [-0.15, -0.1) is 0 Å². The minimum absolute atomic E-state index is 0.0175. The van der Waals surface area contributed by atoms with E-state index < -0.39 is 43.9 Å². The topological polar surface area (TPSA) is 159 Å². The molecule has 2 aromatic carbocycles. The van der Waals surface area contributed by atoms with E-state index in [1.54, 1.807) is 11.8 Å². The Morgan fingerprint density at radius 2 is 1.85 bits per heavy atom. The second-order valence-corrected chi connectivity index (χ2v) is 15.1. The Morgan fingerprint density at radius 3 is 2.52 bits per heavy atom. The van der Waals surface area contributed by atoms with Crippen molar-refractivity contribution < 1.29 is 40.7 Å². The molecule has 0 fully saturated rings. The van der Waals surface area contributed by atoms with E-state index in [9.17, 15) is 36.2 Å². The van der Waals surface area contributed by atoms with Gasteiger partial charge in [-0.25, -0.2) is 8.42 Å². The van der Waals surface area contributed by atoms with E-state index in [1.807, 2.05) is 71.9 Å². The third-order valence-corrected chi connectivity index (χ3v) is 10.5. The van der Waals surface area contributed by atoms with E-state index in [0.29, 0.717) is 12.8 Å². The summed E-state index contributed by atoms with van der Waals surface area (Å²) in [5, 5.41) is 21.5. The summed E-state index contributed by atoms with van der Waals surface area (Å²) >= 11 is 3.10. The minimum atomic E-state index is -4.60. The zero-order valence-electron chi connectivity index (χ0n) is 22.0. The molecule has 0 saturated heterocycles. The fraction of sp³-hybridized carbons (Fsp3) is 0.423. The molecular weight excluding hydrogens is 597 g/mol. The molecule has 1 aromatic heterocycles. The fourth-order valence-electron chi connectivity index (χ4n) is 4.76. The van der Waals surface area contributed by atoms with Crippen molar-refractivity contribution >= 4 is 65.3 Å². The Labute approximate surface area is 242 Å². The molecule has 40 heavy (non-hydrogen) atoms. The summed E-state index contributed by atoms with van der Waals surface area (Å²) in [7, 11) is -8.95. The zero-order valence-corrected chi connectivity index (χ0v) is 25.3. The van der Waals surface area contributed by atoms with E-state index in [0.717, 1.165) is 36.9 Å². The molecule has 0 radical (unpaired) electrons. The number of para-hydroxylation sites is 1. The molecule has 0 bridgehead atoms. The molecule has 0 aliphatic carbocycles. The van der Waals surface area contributed by atoms with Gasteiger partial charge in [-0.3, -0.25) is 4.55 Å². The molecule has 3 atom stereocenters. The third kappa shape index (κ3) is 8.03. The average molecular weight is 629 g/mol. The second kappa shape index (κ2) is 12.4. The number of nitrogens with zero attached hydrogens (tertiary/aromatic N) is 2. The number of hydrogen-bond acceptors (Lipinski definition) is 10. The van der Waals surface area contributed by atoms with Gasteiger partial charge in [-0.05, 0) is 43.5 Å². The number of aryl methyl sites for hydroxylation is 1. The van der Waals surface area contributed by atoms with E-state index in [-0.39, 0.29) is 18.5 Å². The average Bonchev–Trinajstić information content (AvgIpc) is 3.33. The summed E-state index contributed by atoms with van der Waals surface area (Å²) in [6.07, 6.45) is 0.594.